The summed E-state index contributed by atoms with van der Waals surface area (Å²) in [5, 5.41) is 18.4. The van der Waals surface area contributed by atoms with Crippen molar-refractivity contribution in [2.24, 2.45) is 5.92 Å². The molecule has 3 aromatic rings. The molecule has 1 aliphatic heterocycles. The zero-order valence-electron chi connectivity index (χ0n) is 26.0. The van der Waals surface area contributed by atoms with Gasteiger partial charge in [0.15, 0.2) is 5.78 Å². The first-order valence-corrected chi connectivity index (χ1v) is 14.8. The zero-order valence-corrected chi connectivity index (χ0v) is 26.0. The van der Waals surface area contributed by atoms with Crippen LogP contribution in [0.3, 0.4) is 0 Å². The van der Waals surface area contributed by atoms with Crippen LogP contribution in [-0.4, -0.2) is 70.8 Å². The molecule has 0 saturated carbocycles. The Kier molecular flexibility index (Phi) is 12.9. The summed E-state index contributed by atoms with van der Waals surface area (Å²) >= 11 is 0. The van der Waals surface area contributed by atoms with Crippen molar-refractivity contribution in [3.05, 3.63) is 107 Å². The number of anilines is 2. The first-order chi connectivity index (χ1) is 21.8. The van der Waals surface area contributed by atoms with E-state index in [1.54, 1.807) is 41.3 Å². The van der Waals surface area contributed by atoms with Gasteiger partial charge < -0.3 is 25.3 Å². The van der Waals surface area contributed by atoms with Crippen molar-refractivity contribution in [2.45, 2.75) is 33.6 Å². The Bertz CT molecular complexity index is 1560. The number of aryl methyl sites for hydroxylation is 2. The average molecular weight is 632 g/mol. The minimum absolute atomic E-state index is 0.0688. The molecule has 1 aliphatic rings. The van der Waals surface area contributed by atoms with Crippen LogP contribution in [0.15, 0.2) is 78.9 Å². The molecule has 10 nitrogen and oxygen atoms in total. The summed E-state index contributed by atoms with van der Waals surface area (Å²) in [6.07, 6.45) is 2.58. The largest absolute Gasteiger partial charge is 0.478 e. The molecule has 1 saturated heterocycles. The standard InChI is InChI=1S/C31H34FN3O3.C4H4O4/c1-21-4-13-29(20-22(21)2)35(31(38)26-7-11-28(12-8-26)33-23(3)36)19-18-34-16-14-25(15-17-34)30(37)24-5-9-27(32)10-6-24;5-3(6)1-2-4(7)8/h4-13,20,25H,14-19H2,1-3H3,(H,33,36);1-2H,(H,5,6)(H,7,8)/b;2-1+. The van der Waals surface area contributed by atoms with Crippen LogP contribution in [0.5, 0.6) is 0 Å². The summed E-state index contributed by atoms with van der Waals surface area (Å²) in [6.45, 7) is 8.24. The molecule has 1 fully saturated rings. The van der Waals surface area contributed by atoms with Crippen molar-refractivity contribution >= 4 is 40.9 Å². The molecular formula is C35H38FN3O7. The monoisotopic (exact) mass is 631 g/mol. The molecule has 0 radical (unpaired) electrons. The molecule has 242 valence electrons. The second-order valence-electron chi connectivity index (χ2n) is 11.0. The Morgan fingerprint density at radius 2 is 1.41 bits per heavy atom. The molecule has 0 aromatic heterocycles. The molecule has 2 amide bonds. The summed E-state index contributed by atoms with van der Waals surface area (Å²) in [4.78, 5) is 61.0. The highest BCUT2D eigenvalue weighted by molar-refractivity contribution is 6.06. The summed E-state index contributed by atoms with van der Waals surface area (Å²) in [5.74, 6) is -3.13. The predicted octanol–water partition coefficient (Wildman–Crippen LogP) is 5.35. The van der Waals surface area contributed by atoms with E-state index in [0.717, 1.165) is 42.7 Å². The fraction of sp³-hybridized carbons (Fsp3) is 0.286. The maximum absolute atomic E-state index is 13.6. The average Bonchev–Trinajstić information content (AvgIpc) is 3.02. The van der Waals surface area contributed by atoms with Crippen LogP contribution in [0, 0.1) is 25.6 Å². The van der Waals surface area contributed by atoms with Gasteiger partial charge in [-0.2, -0.15) is 0 Å². The van der Waals surface area contributed by atoms with Crippen molar-refractivity contribution in [3.8, 4) is 0 Å². The summed E-state index contributed by atoms with van der Waals surface area (Å²) < 4.78 is 13.2. The third kappa shape index (κ3) is 10.8. The van der Waals surface area contributed by atoms with Gasteiger partial charge in [0, 0.05) is 60.6 Å². The van der Waals surface area contributed by atoms with Gasteiger partial charge in [0.05, 0.1) is 0 Å². The number of benzene rings is 3. The van der Waals surface area contributed by atoms with Gasteiger partial charge in [-0.25, -0.2) is 14.0 Å². The topological polar surface area (TPSA) is 144 Å². The quantitative estimate of drug-likeness (QED) is 0.201. The highest BCUT2D eigenvalue weighted by Crippen LogP contribution is 2.24. The lowest BCUT2D eigenvalue weighted by atomic mass is 9.89. The number of carboxylic acids is 2. The molecule has 0 bridgehead atoms. The van der Waals surface area contributed by atoms with Crippen molar-refractivity contribution in [1.82, 2.24) is 4.90 Å². The lowest BCUT2D eigenvalue weighted by Crippen LogP contribution is -2.43. The van der Waals surface area contributed by atoms with E-state index in [1.807, 2.05) is 32.0 Å². The van der Waals surface area contributed by atoms with E-state index in [2.05, 4.69) is 10.2 Å². The van der Waals surface area contributed by atoms with Gasteiger partial charge in [0.1, 0.15) is 5.82 Å². The molecule has 1 heterocycles. The molecule has 3 N–H and O–H groups in total. The van der Waals surface area contributed by atoms with Crippen molar-refractivity contribution < 1.29 is 38.6 Å². The lowest BCUT2D eigenvalue weighted by molar-refractivity contribution is -0.134. The number of aliphatic carboxylic acids is 2. The number of Topliss-reactive ketones (excluding diaryl/α,β-unsaturated/α-hetero) is 1. The van der Waals surface area contributed by atoms with Gasteiger partial charge in [-0.05, 0) is 112 Å². The molecular weight excluding hydrogens is 593 g/mol. The van der Waals surface area contributed by atoms with Crippen LogP contribution < -0.4 is 10.2 Å². The maximum Gasteiger partial charge on any atom is 0.328 e. The van der Waals surface area contributed by atoms with Crippen LogP contribution in [0.4, 0.5) is 15.8 Å². The molecule has 46 heavy (non-hydrogen) atoms. The molecule has 0 aliphatic carbocycles. The summed E-state index contributed by atoms with van der Waals surface area (Å²) in [6, 6.07) is 18.7. The molecule has 4 rings (SSSR count). The molecule has 0 spiro atoms. The van der Waals surface area contributed by atoms with Gasteiger partial charge in [-0.15, -0.1) is 0 Å². The number of nitrogens with zero attached hydrogens (tertiary/aromatic N) is 2. The van der Waals surface area contributed by atoms with E-state index in [1.165, 1.54) is 19.1 Å². The fourth-order valence-corrected chi connectivity index (χ4v) is 4.95. The highest BCUT2D eigenvalue weighted by atomic mass is 19.1. The van der Waals surface area contributed by atoms with E-state index >= 15 is 0 Å². The van der Waals surface area contributed by atoms with Crippen molar-refractivity contribution in [3.63, 3.8) is 0 Å². The van der Waals surface area contributed by atoms with E-state index < -0.39 is 11.9 Å². The number of carbonyl (C=O) groups is 5. The Hall–Kier alpha value is -5.16. The number of hydrogen-bond donors (Lipinski definition) is 3. The van der Waals surface area contributed by atoms with E-state index in [-0.39, 0.29) is 29.3 Å². The molecule has 0 atom stereocenters. The Labute approximate surface area is 267 Å². The number of carbonyl (C=O) groups excluding carboxylic acids is 3. The maximum atomic E-state index is 13.6. The predicted molar refractivity (Wildman–Crippen MR) is 173 cm³/mol. The normalized spacial score (nSPS) is 13.4. The highest BCUT2D eigenvalue weighted by Gasteiger charge is 2.27. The van der Waals surface area contributed by atoms with E-state index in [4.69, 9.17) is 10.2 Å². The van der Waals surface area contributed by atoms with Gasteiger partial charge >= 0.3 is 11.9 Å². The SMILES string of the molecule is CC(=O)Nc1ccc(C(=O)N(CCN2CCC(C(=O)c3ccc(F)cc3)CC2)c2ccc(C)c(C)c2)cc1.O=C(O)/C=C/C(=O)O. The minimum Gasteiger partial charge on any atom is -0.478 e. The van der Waals surface area contributed by atoms with E-state index in [9.17, 15) is 28.4 Å². The van der Waals surface area contributed by atoms with Gasteiger partial charge in [-0.3, -0.25) is 14.4 Å². The van der Waals surface area contributed by atoms with Crippen LogP contribution in [0.25, 0.3) is 0 Å². The first-order valence-electron chi connectivity index (χ1n) is 14.8. The Morgan fingerprint density at radius 3 is 1.93 bits per heavy atom. The van der Waals surface area contributed by atoms with Crippen molar-refractivity contribution in [1.29, 1.82) is 0 Å². The second-order valence-corrected chi connectivity index (χ2v) is 11.0. The Morgan fingerprint density at radius 1 is 0.848 bits per heavy atom. The number of ketones is 1. The fourth-order valence-electron chi connectivity index (χ4n) is 4.95. The number of nitrogens with one attached hydrogen (secondary N) is 1. The third-order valence-electron chi connectivity index (χ3n) is 7.59. The van der Waals surface area contributed by atoms with Gasteiger partial charge in [0.2, 0.25) is 5.91 Å². The number of piperidine rings is 1. The van der Waals surface area contributed by atoms with Gasteiger partial charge in [-0.1, -0.05) is 6.07 Å². The number of hydrogen-bond acceptors (Lipinski definition) is 6. The second kappa shape index (κ2) is 16.8. The molecule has 11 heteroatoms. The number of likely N-dealkylation sites (tertiary alicyclic amines) is 1. The van der Waals surface area contributed by atoms with Gasteiger partial charge in [0.25, 0.3) is 5.91 Å². The minimum atomic E-state index is -1.26. The zero-order chi connectivity index (χ0) is 33.8. The number of halogens is 1. The number of carboxylic acid groups (broad SMARTS) is 2. The lowest BCUT2D eigenvalue weighted by Gasteiger charge is -2.33. The van der Waals surface area contributed by atoms with E-state index in [0.29, 0.717) is 42.1 Å². The third-order valence-corrected chi connectivity index (χ3v) is 7.59. The van der Waals surface area contributed by atoms with Crippen LogP contribution in [0.2, 0.25) is 0 Å². The van der Waals surface area contributed by atoms with Crippen LogP contribution in [-0.2, 0) is 14.4 Å². The summed E-state index contributed by atoms with van der Waals surface area (Å²) in [7, 11) is 0. The van der Waals surface area contributed by atoms with Crippen LogP contribution in [0.1, 0.15) is 51.6 Å². The first kappa shape index (κ1) is 35.3. The molecule has 3 aromatic carbocycles. The van der Waals surface area contributed by atoms with Crippen molar-refractivity contribution in [2.75, 3.05) is 36.4 Å². The number of rotatable bonds is 10. The molecule has 0 unspecified atom stereocenters. The van der Waals surface area contributed by atoms with Crippen LogP contribution >= 0.6 is 0 Å². The number of amides is 2. The summed E-state index contributed by atoms with van der Waals surface area (Å²) in [5.41, 5.74) is 4.85. The Balaban J connectivity index is 0.000000637. The smallest absolute Gasteiger partial charge is 0.328 e.